The van der Waals surface area contributed by atoms with Gasteiger partial charge in [0.2, 0.25) is 0 Å². The zero-order valence-electron chi connectivity index (χ0n) is 14.9. The van der Waals surface area contributed by atoms with Crippen LogP contribution in [-0.4, -0.2) is 56.2 Å². The molecule has 5 nitrogen and oxygen atoms in total. The van der Waals surface area contributed by atoms with E-state index in [1.54, 1.807) is 0 Å². The highest BCUT2D eigenvalue weighted by atomic mass is 32.2. The number of nitrogens with zero attached hydrogens (tertiary/aromatic N) is 1. The molecule has 1 aromatic rings. The van der Waals surface area contributed by atoms with E-state index in [1.807, 2.05) is 39.8 Å². The maximum atomic E-state index is 11.5. The summed E-state index contributed by atoms with van der Waals surface area (Å²) in [6.07, 6.45) is 0. The normalized spacial score (nSPS) is 25.8. The summed E-state index contributed by atoms with van der Waals surface area (Å²) in [4.78, 5) is 2.18. The van der Waals surface area contributed by atoms with Crippen LogP contribution < -0.4 is 5.46 Å². The lowest BCUT2D eigenvalue weighted by molar-refractivity contribution is 0.00578. The number of hydrogen-bond acceptors (Lipinski definition) is 5. The number of benzene rings is 1. The first-order chi connectivity index (χ1) is 11.1. The van der Waals surface area contributed by atoms with Gasteiger partial charge < -0.3 is 9.31 Å². The van der Waals surface area contributed by atoms with Crippen molar-refractivity contribution in [1.82, 2.24) is 4.90 Å². The smallest absolute Gasteiger partial charge is 0.399 e. The van der Waals surface area contributed by atoms with Gasteiger partial charge in [-0.3, -0.25) is 4.90 Å². The van der Waals surface area contributed by atoms with Gasteiger partial charge >= 0.3 is 7.12 Å². The molecule has 0 unspecified atom stereocenters. The minimum absolute atomic E-state index is 0.254. The van der Waals surface area contributed by atoms with Crippen LogP contribution in [0, 0.1) is 0 Å². The quantitative estimate of drug-likeness (QED) is 0.767. The number of hydrogen-bond donors (Lipinski definition) is 0. The lowest BCUT2D eigenvalue weighted by atomic mass is 9.78. The Balaban J connectivity index is 1.69. The van der Waals surface area contributed by atoms with Crippen molar-refractivity contribution in [2.45, 2.75) is 45.4 Å². The van der Waals surface area contributed by atoms with Crippen molar-refractivity contribution in [2.75, 3.05) is 24.6 Å². The Morgan fingerprint density at radius 2 is 1.67 bits per heavy atom. The van der Waals surface area contributed by atoms with Crippen LogP contribution in [-0.2, 0) is 25.7 Å². The second kappa shape index (κ2) is 6.13. The molecular formula is C17H26BNO4S. The summed E-state index contributed by atoms with van der Waals surface area (Å²) in [5, 5.41) is 0. The third-order valence-electron chi connectivity index (χ3n) is 5.32. The van der Waals surface area contributed by atoms with Crippen molar-refractivity contribution < 1.29 is 17.7 Å². The molecule has 0 atom stereocenters. The lowest BCUT2D eigenvalue weighted by Crippen LogP contribution is -2.41. The van der Waals surface area contributed by atoms with Crippen molar-refractivity contribution in [3.8, 4) is 0 Å². The molecular weight excluding hydrogens is 325 g/mol. The average Bonchev–Trinajstić information content (AvgIpc) is 2.70. The van der Waals surface area contributed by atoms with Crippen LogP contribution in [0.25, 0.3) is 0 Å². The van der Waals surface area contributed by atoms with Gasteiger partial charge in [-0.15, -0.1) is 0 Å². The molecule has 132 valence electrons. The molecule has 0 aliphatic carbocycles. The van der Waals surface area contributed by atoms with Gasteiger partial charge in [0.15, 0.2) is 9.84 Å². The van der Waals surface area contributed by atoms with E-state index in [4.69, 9.17) is 9.31 Å². The molecule has 24 heavy (non-hydrogen) atoms. The molecule has 2 saturated heterocycles. The molecule has 3 rings (SSSR count). The van der Waals surface area contributed by atoms with E-state index in [-0.39, 0.29) is 29.8 Å². The van der Waals surface area contributed by atoms with Gasteiger partial charge in [-0.25, -0.2) is 8.42 Å². The van der Waals surface area contributed by atoms with E-state index >= 15 is 0 Å². The zero-order valence-corrected chi connectivity index (χ0v) is 15.7. The summed E-state index contributed by atoms with van der Waals surface area (Å²) >= 11 is 0. The zero-order chi connectivity index (χ0) is 17.6. The van der Waals surface area contributed by atoms with Gasteiger partial charge in [0, 0.05) is 19.6 Å². The largest absolute Gasteiger partial charge is 0.494 e. The summed E-state index contributed by atoms with van der Waals surface area (Å²) in [5.74, 6) is 0.508. The molecule has 0 radical (unpaired) electrons. The minimum Gasteiger partial charge on any atom is -0.399 e. The molecule has 0 spiro atoms. The topological polar surface area (TPSA) is 55.8 Å². The molecule has 1 aromatic carbocycles. The predicted molar refractivity (Wildman–Crippen MR) is 96.1 cm³/mol. The minimum atomic E-state index is -2.84. The first-order valence-corrected chi connectivity index (χ1v) is 10.3. The van der Waals surface area contributed by atoms with Crippen molar-refractivity contribution in [3.63, 3.8) is 0 Å². The summed E-state index contributed by atoms with van der Waals surface area (Å²) in [6, 6.07) is 8.20. The maximum absolute atomic E-state index is 11.5. The lowest BCUT2D eigenvalue weighted by Gasteiger charge is -2.32. The van der Waals surface area contributed by atoms with Gasteiger partial charge in [-0.1, -0.05) is 24.3 Å². The Morgan fingerprint density at radius 1 is 1.08 bits per heavy atom. The van der Waals surface area contributed by atoms with E-state index in [2.05, 4.69) is 17.0 Å². The van der Waals surface area contributed by atoms with Crippen molar-refractivity contribution in [3.05, 3.63) is 29.8 Å². The Hall–Kier alpha value is -0.885. The molecule has 2 fully saturated rings. The van der Waals surface area contributed by atoms with Gasteiger partial charge in [0.25, 0.3) is 0 Å². The predicted octanol–water partition coefficient (Wildman–Crippen LogP) is 1.22. The van der Waals surface area contributed by atoms with E-state index < -0.39 is 9.84 Å². The Morgan fingerprint density at radius 3 is 2.25 bits per heavy atom. The highest BCUT2D eigenvalue weighted by Gasteiger charge is 2.51. The second-order valence-electron chi connectivity index (χ2n) is 7.76. The van der Waals surface area contributed by atoms with Crippen LogP contribution in [0.1, 0.15) is 33.3 Å². The first kappa shape index (κ1) is 17.9. The molecule has 0 aromatic heterocycles. The fraction of sp³-hybridized carbons (Fsp3) is 0.647. The van der Waals surface area contributed by atoms with E-state index in [9.17, 15) is 8.42 Å². The second-order valence-corrected chi connectivity index (χ2v) is 10.1. The first-order valence-electron chi connectivity index (χ1n) is 8.45. The number of rotatable bonds is 3. The van der Waals surface area contributed by atoms with E-state index in [1.165, 1.54) is 0 Å². The molecule has 0 amide bonds. The molecule has 0 bridgehead atoms. The Labute approximate surface area is 145 Å². The molecule has 2 aliphatic rings. The maximum Gasteiger partial charge on any atom is 0.494 e. The van der Waals surface area contributed by atoms with Crippen LogP contribution in [0.4, 0.5) is 0 Å². The fourth-order valence-electron chi connectivity index (χ4n) is 2.98. The van der Waals surface area contributed by atoms with E-state index in [0.29, 0.717) is 13.1 Å². The van der Waals surface area contributed by atoms with Crippen LogP contribution in [0.2, 0.25) is 0 Å². The summed E-state index contributed by atoms with van der Waals surface area (Å²) in [5.41, 5.74) is 1.46. The third kappa shape index (κ3) is 3.69. The molecule has 0 N–H and O–H groups in total. The molecule has 2 aliphatic heterocycles. The molecule has 2 heterocycles. The number of sulfone groups is 1. The van der Waals surface area contributed by atoms with Gasteiger partial charge in [-0.05, 0) is 38.7 Å². The van der Waals surface area contributed by atoms with Crippen LogP contribution in [0.15, 0.2) is 24.3 Å². The monoisotopic (exact) mass is 351 g/mol. The summed E-state index contributed by atoms with van der Waals surface area (Å²) in [6.45, 7) is 10.1. The standard InChI is InChI=1S/C17H26BNO4S/c1-16(2)17(3,4)23-18(22-16)15-7-5-6-14(12-15)13-19-8-10-24(20,21)11-9-19/h5-7,12H,8-11,13H2,1-4H3. The molecule has 7 heteroatoms. The summed E-state index contributed by atoms with van der Waals surface area (Å²) < 4.78 is 35.3. The highest BCUT2D eigenvalue weighted by Crippen LogP contribution is 2.36. The van der Waals surface area contributed by atoms with Crippen molar-refractivity contribution in [1.29, 1.82) is 0 Å². The summed E-state index contributed by atoms with van der Waals surface area (Å²) in [7, 11) is -3.20. The SMILES string of the molecule is CC1(C)OB(c2cccc(CN3CCS(=O)(=O)CC3)c2)OC1(C)C. The Bertz CT molecular complexity index is 687. The fourth-order valence-corrected chi connectivity index (χ4v) is 4.26. The highest BCUT2D eigenvalue weighted by molar-refractivity contribution is 7.91. The van der Waals surface area contributed by atoms with Gasteiger partial charge in [0.05, 0.1) is 22.7 Å². The van der Waals surface area contributed by atoms with E-state index in [0.717, 1.165) is 17.6 Å². The molecule has 0 saturated carbocycles. The average molecular weight is 351 g/mol. The Kier molecular flexibility index (Phi) is 4.58. The van der Waals surface area contributed by atoms with Crippen LogP contribution >= 0.6 is 0 Å². The van der Waals surface area contributed by atoms with Crippen molar-refractivity contribution >= 4 is 22.4 Å². The van der Waals surface area contributed by atoms with Crippen molar-refractivity contribution in [2.24, 2.45) is 0 Å². The van der Waals surface area contributed by atoms with Gasteiger partial charge in [0.1, 0.15) is 0 Å². The van der Waals surface area contributed by atoms with Crippen LogP contribution in [0.5, 0.6) is 0 Å². The van der Waals surface area contributed by atoms with Crippen LogP contribution in [0.3, 0.4) is 0 Å². The van der Waals surface area contributed by atoms with Gasteiger partial charge in [-0.2, -0.15) is 0 Å². The third-order valence-corrected chi connectivity index (χ3v) is 6.93.